The molecule has 0 saturated heterocycles. The molecule has 2 aromatic rings. The third kappa shape index (κ3) is 2.10. The Balaban J connectivity index is 2.06. The number of hydrogen-bond donors (Lipinski definition) is 1. The van der Waals surface area contributed by atoms with Crippen LogP contribution in [0.2, 0.25) is 5.02 Å². The monoisotopic (exact) mass is 348 g/mol. The molecule has 2 heterocycles. The van der Waals surface area contributed by atoms with E-state index in [2.05, 4.69) is 5.10 Å². The third-order valence-electron chi connectivity index (χ3n) is 3.30. The van der Waals surface area contributed by atoms with Gasteiger partial charge in [0, 0.05) is 22.7 Å². The molecule has 0 fully saturated rings. The molecule has 0 bridgehead atoms. The van der Waals surface area contributed by atoms with Gasteiger partial charge in [-0.25, -0.2) is 0 Å². The number of aliphatic hydroxyl groups is 1. The SMILES string of the molecule is O=C(c1sc2ccccc2c1Cl)N1N=CCC1(O)C(F)(F)F. The second-order valence-corrected chi connectivity index (χ2v) is 6.10. The number of alkyl halides is 3. The minimum absolute atomic E-state index is 0.0452. The van der Waals surface area contributed by atoms with E-state index in [0.29, 0.717) is 10.1 Å². The molecule has 116 valence electrons. The normalized spacial score (nSPS) is 21.8. The van der Waals surface area contributed by atoms with E-state index in [0.717, 1.165) is 17.6 Å². The fraction of sp³-hybridized carbons (Fsp3) is 0.231. The highest BCUT2D eigenvalue weighted by Gasteiger charge is 2.61. The lowest BCUT2D eigenvalue weighted by Crippen LogP contribution is -2.56. The van der Waals surface area contributed by atoms with Crippen molar-refractivity contribution in [2.24, 2.45) is 5.10 Å². The van der Waals surface area contributed by atoms with E-state index < -0.39 is 24.2 Å². The van der Waals surface area contributed by atoms with Gasteiger partial charge in [-0.2, -0.15) is 23.3 Å². The van der Waals surface area contributed by atoms with Crippen molar-refractivity contribution < 1.29 is 23.1 Å². The van der Waals surface area contributed by atoms with Crippen LogP contribution in [0.1, 0.15) is 16.1 Å². The molecule has 0 radical (unpaired) electrons. The fourth-order valence-corrected chi connectivity index (χ4v) is 3.57. The van der Waals surface area contributed by atoms with Crippen molar-refractivity contribution in [2.45, 2.75) is 18.3 Å². The molecular weight excluding hydrogens is 341 g/mol. The number of hydrazone groups is 1. The number of amides is 1. The summed E-state index contributed by atoms with van der Waals surface area (Å²) in [5.74, 6) is -1.08. The van der Waals surface area contributed by atoms with Gasteiger partial charge in [0.05, 0.1) is 5.02 Å². The minimum atomic E-state index is -5.03. The van der Waals surface area contributed by atoms with E-state index in [9.17, 15) is 23.1 Å². The average molecular weight is 349 g/mol. The Bertz CT molecular complexity index is 789. The van der Waals surface area contributed by atoms with Crippen molar-refractivity contribution in [3.8, 4) is 0 Å². The summed E-state index contributed by atoms with van der Waals surface area (Å²) in [6.45, 7) is 0. The van der Waals surface area contributed by atoms with Gasteiger partial charge >= 0.3 is 6.18 Å². The van der Waals surface area contributed by atoms with Gasteiger partial charge in [-0.3, -0.25) is 4.79 Å². The van der Waals surface area contributed by atoms with Gasteiger partial charge in [0.15, 0.2) is 0 Å². The van der Waals surface area contributed by atoms with Crippen LogP contribution in [0.4, 0.5) is 13.2 Å². The van der Waals surface area contributed by atoms with Crippen LogP contribution in [0.25, 0.3) is 10.1 Å². The molecule has 1 atom stereocenters. The molecule has 0 aliphatic carbocycles. The molecule has 0 saturated carbocycles. The van der Waals surface area contributed by atoms with Crippen LogP contribution in [0, 0.1) is 0 Å². The Kier molecular flexibility index (Phi) is 3.42. The lowest BCUT2D eigenvalue weighted by molar-refractivity contribution is -0.297. The van der Waals surface area contributed by atoms with Crippen LogP contribution in [0.5, 0.6) is 0 Å². The summed E-state index contributed by atoms with van der Waals surface area (Å²) in [5.41, 5.74) is -3.34. The van der Waals surface area contributed by atoms with Crippen LogP contribution < -0.4 is 0 Å². The Hall–Kier alpha value is -1.64. The number of benzene rings is 1. The van der Waals surface area contributed by atoms with E-state index >= 15 is 0 Å². The zero-order valence-electron chi connectivity index (χ0n) is 10.8. The van der Waals surface area contributed by atoms with Gasteiger partial charge in [0.2, 0.25) is 0 Å². The summed E-state index contributed by atoms with van der Waals surface area (Å²) in [6, 6.07) is 6.79. The first-order valence-electron chi connectivity index (χ1n) is 6.09. The molecule has 4 nitrogen and oxygen atoms in total. The van der Waals surface area contributed by atoms with E-state index in [1.54, 1.807) is 24.3 Å². The third-order valence-corrected chi connectivity index (χ3v) is 4.96. The molecule has 9 heteroatoms. The van der Waals surface area contributed by atoms with E-state index in [4.69, 9.17) is 11.6 Å². The van der Waals surface area contributed by atoms with Crippen molar-refractivity contribution >= 4 is 45.1 Å². The number of hydrogen-bond acceptors (Lipinski definition) is 4. The predicted molar refractivity (Wildman–Crippen MR) is 77.1 cm³/mol. The lowest BCUT2D eigenvalue weighted by Gasteiger charge is -2.32. The topological polar surface area (TPSA) is 52.9 Å². The summed E-state index contributed by atoms with van der Waals surface area (Å²) >= 11 is 7.04. The van der Waals surface area contributed by atoms with Gasteiger partial charge in [-0.1, -0.05) is 29.8 Å². The second-order valence-electron chi connectivity index (χ2n) is 4.67. The summed E-state index contributed by atoms with van der Waals surface area (Å²) in [4.78, 5) is 12.3. The quantitative estimate of drug-likeness (QED) is 0.855. The number of nitrogens with zero attached hydrogens (tertiary/aromatic N) is 2. The number of carbonyl (C=O) groups is 1. The standard InChI is InChI=1S/C13H8ClF3N2O2S/c14-9-7-3-1-2-4-8(7)22-10(9)11(20)19-12(21,5-6-18-19)13(15,16)17/h1-4,6,21H,5H2. The van der Waals surface area contributed by atoms with Crippen LogP contribution in [-0.2, 0) is 0 Å². The molecule has 1 amide bonds. The van der Waals surface area contributed by atoms with Crippen molar-refractivity contribution in [3.05, 3.63) is 34.2 Å². The first kappa shape index (κ1) is 15.3. The van der Waals surface area contributed by atoms with Crippen molar-refractivity contribution in [1.82, 2.24) is 5.01 Å². The summed E-state index contributed by atoms with van der Waals surface area (Å²) in [5, 5.41) is 13.8. The predicted octanol–water partition coefficient (Wildman–Crippen LogP) is 3.64. The van der Waals surface area contributed by atoms with Crippen molar-refractivity contribution in [2.75, 3.05) is 0 Å². The summed E-state index contributed by atoms with van der Waals surface area (Å²) < 4.78 is 39.7. The smallest absolute Gasteiger partial charge is 0.362 e. The zero-order chi connectivity index (χ0) is 16.1. The molecule has 1 aliphatic heterocycles. The van der Waals surface area contributed by atoms with E-state index in [1.165, 1.54) is 0 Å². The largest absolute Gasteiger partial charge is 0.438 e. The molecule has 0 spiro atoms. The van der Waals surface area contributed by atoms with Crippen LogP contribution >= 0.6 is 22.9 Å². The maximum atomic E-state index is 13.0. The molecule has 1 aromatic carbocycles. The number of thiophene rings is 1. The first-order valence-corrected chi connectivity index (χ1v) is 7.28. The highest BCUT2D eigenvalue weighted by molar-refractivity contribution is 7.21. The Morgan fingerprint density at radius 2 is 2.09 bits per heavy atom. The molecular formula is C13H8ClF3N2O2S. The highest BCUT2D eigenvalue weighted by atomic mass is 35.5. The Morgan fingerprint density at radius 3 is 2.73 bits per heavy atom. The molecule has 1 aliphatic rings. The van der Waals surface area contributed by atoms with Gasteiger partial charge < -0.3 is 5.11 Å². The van der Waals surface area contributed by atoms with E-state index in [-0.39, 0.29) is 14.9 Å². The molecule has 1 aromatic heterocycles. The number of carbonyl (C=O) groups excluding carboxylic acids is 1. The van der Waals surface area contributed by atoms with Crippen molar-refractivity contribution in [3.63, 3.8) is 0 Å². The highest BCUT2D eigenvalue weighted by Crippen LogP contribution is 2.42. The lowest BCUT2D eigenvalue weighted by atomic mass is 10.1. The summed E-state index contributed by atoms with van der Waals surface area (Å²) in [6.07, 6.45) is -4.99. The number of halogens is 4. The van der Waals surface area contributed by atoms with Crippen LogP contribution in [0.3, 0.4) is 0 Å². The maximum Gasteiger partial charge on any atom is 0.438 e. The first-order chi connectivity index (χ1) is 10.3. The van der Waals surface area contributed by atoms with Gasteiger partial charge in [0.25, 0.3) is 11.6 Å². The summed E-state index contributed by atoms with van der Waals surface area (Å²) in [7, 11) is 0. The maximum absolute atomic E-state index is 13.0. The average Bonchev–Trinajstić information content (AvgIpc) is 3.00. The minimum Gasteiger partial charge on any atom is -0.362 e. The van der Waals surface area contributed by atoms with Gasteiger partial charge in [0.1, 0.15) is 4.88 Å². The molecule has 3 rings (SSSR count). The Morgan fingerprint density at radius 1 is 1.41 bits per heavy atom. The molecule has 1 unspecified atom stereocenters. The molecule has 1 N–H and O–H groups in total. The van der Waals surface area contributed by atoms with Crippen molar-refractivity contribution in [1.29, 1.82) is 0 Å². The number of rotatable bonds is 1. The molecule has 22 heavy (non-hydrogen) atoms. The second kappa shape index (κ2) is 4.94. The van der Waals surface area contributed by atoms with Crippen LogP contribution in [0.15, 0.2) is 29.4 Å². The van der Waals surface area contributed by atoms with Crippen LogP contribution in [-0.4, -0.2) is 34.1 Å². The Labute approximate surface area is 131 Å². The number of fused-ring (bicyclic) bond motifs is 1. The van der Waals surface area contributed by atoms with E-state index in [1.807, 2.05) is 0 Å². The van der Waals surface area contributed by atoms with Gasteiger partial charge in [-0.15, -0.1) is 11.3 Å². The fourth-order valence-electron chi connectivity index (χ4n) is 2.14. The zero-order valence-corrected chi connectivity index (χ0v) is 12.3. The van der Waals surface area contributed by atoms with Gasteiger partial charge in [-0.05, 0) is 6.07 Å².